The van der Waals surface area contributed by atoms with Crippen molar-refractivity contribution in [2.45, 2.75) is 25.8 Å². The number of nitrogen functional groups attached to an aromatic ring is 1. The highest BCUT2D eigenvalue weighted by molar-refractivity contribution is 5.23. The summed E-state index contributed by atoms with van der Waals surface area (Å²) in [6.07, 6.45) is 4.21. The zero-order chi connectivity index (χ0) is 9.97. The van der Waals surface area contributed by atoms with Gasteiger partial charge in [-0.3, -0.25) is 4.68 Å². The smallest absolute Gasteiger partial charge is 0.145 e. The molecule has 1 unspecified atom stereocenters. The third-order valence-corrected chi connectivity index (χ3v) is 2.99. The molecule has 1 aromatic rings. The summed E-state index contributed by atoms with van der Waals surface area (Å²) in [5.74, 6) is 1.27. The van der Waals surface area contributed by atoms with Crippen LogP contribution in [0.15, 0.2) is 12.3 Å². The van der Waals surface area contributed by atoms with Crippen LogP contribution in [-0.2, 0) is 4.74 Å². The maximum absolute atomic E-state index is 5.59. The standard InChI is InChI=1S/C10H17N3O/c1-8(9-3-6-14-7-4-9)13-5-2-10(11)12-13/h2,5,8-9H,3-4,6-7H2,1H3,(H2,11,12). The topological polar surface area (TPSA) is 53.1 Å². The molecule has 0 amide bonds. The minimum absolute atomic E-state index is 0.427. The number of nitrogens with zero attached hydrogens (tertiary/aromatic N) is 2. The van der Waals surface area contributed by atoms with Crippen LogP contribution in [0.25, 0.3) is 0 Å². The molecule has 0 spiro atoms. The summed E-state index contributed by atoms with van der Waals surface area (Å²) in [5, 5.41) is 4.24. The number of rotatable bonds is 2. The minimum atomic E-state index is 0.427. The minimum Gasteiger partial charge on any atom is -0.382 e. The average molecular weight is 195 g/mol. The molecule has 2 heterocycles. The second kappa shape index (κ2) is 4.00. The van der Waals surface area contributed by atoms with Crippen LogP contribution >= 0.6 is 0 Å². The molecule has 0 aliphatic carbocycles. The third kappa shape index (κ3) is 1.90. The van der Waals surface area contributed by atoms with Crippen molar-refractivity contribution < 1.29 is 4.74 Å². The van der Waals surface area contributed by atoms with Gasteiger partial charge in [-0.2, -0.15) is 5.10 Å². The molecule has 0 saturated carbocycles. The normalized spacial score (nSPS) is 20.9. The maximum atomic E-state index is 5.59. The van der Waals surface area contributed by atoms with Crippen LogP contribution in [0.1, 0.15) is 25.8 Å². The quantitative estimate of drug-likeness (QED) is 0.777. The van der Waals surface area contributed by atoms with Crippen molar-refractivity contribution >= 4 is 5.82 Å². The van der Waals surface area contributed by atoms with Crippen LogP contribution in [0.3, 0.4) is 0 Å². The van der Waals surface area contributed by atoms with Gasteiger partial charge in [-0.15, -0.1) is 0 Å². The summed E-state index contributed by atoms with van der Waals surface area (Å²) in [6.45, 7) is 3.96. The van der Waals surface area contributed by atoms with E-state index in [-0.39, 0.29) is 0 Å². The third-order valence-electron chi connectivity index (χ3n) is 2.99. The van der Waals surface area contributed by atoms with Gasteiger partial charge in [0.15, 0.2) is 0 Å². The van der Waals surface area contributed by atoms with Crippen molar-refractivity contribution in [3.63, 3.8) is 0 Å². The molecule has 1 saturated heterocycles. The Labute approximate surface area is 84.0 Å². The first-order valence-electron chi connectivity index (χ1n) is 5.16. The van der Waals surface area contributed by atoms with Gasteiger partial charge in [0.05, 0.1) is 6.04 Å². The predicted molar refractivity (Wildman–Crippen MR) is 54.9 cm³/mol. The predicted octanol–water partition coefficient (Wildman–Crippen LogP) is 1.45. The van der Waals surface area contributed by atoms with Crippen molar-refractivity contribution in [2.24, 2.45) is 5.92 Å². The van der Waals surface area contributed by atoms with Crippen LogP contribution in [-0.4, -0.2) is 23.0 Å². The van der Waals surface area contributed by atoms with E-state index in [1.807, 2.05) is 16.9 Å². The highest BCUT2D eigenvalue weighted by Crippen LogP contribution is 2.26. The number of hydrogen-bond acceptors (Lipinski definition) is 3. The van der Waals surface area contributed by atoms with Crippen LogP contribution in [0.5, 0.6) is 0 Å². The van der Waals surface area contributed by atoms with E-state index in [0.717, 1.165) is 26.1 Å². The molecule has 78 valence electrons. The monoisotopic (exact) mass is 195 g/mol. The zero-order valence-corrected chi connectivity index (χ0v) is 8.52. The van der Waals surface area contributed by atoms with Crippen molar-refractivity contribution in [3.05, 3.63) is 12.3 Å². The van der Waals surface area contributed by atoms with Crippen molar-refractivity contribution in [2.75, 3.05) is 18.9 Å². The molecule has 4 heteroatoms. The first kappa shape index (κ1) is 9.52. The molecule has 2 rings (SSSR count). The van der Waals surface area contributed by atoms with Gasteiger partial charge in [0, 0.05) is 19.4 Å². The fourth-order valence-electron chi connectivity index (χ4n) is 1.99. The highest BCUT2D eigenvalue weighted by Gasteiger charge is 2.21. The summed E-state index contributed by atoms with van der Waals surface area (Å²) >= 11 is 0. The molecule has 0 aromatic carbocycles. The van der Waals surface area contributed by atoms with Crippen LogP contribution in [0, 0.1) is 5.92 Å². The summed E-state index contributed by atoms with van der Waals surface area (Å²) in [5.41, 5.74) is 5.59. The van der Waals surface area contributed by atoms with Gasteiger partial charge in [0.1, 0.15) is 5.82 Å². The Morgan fingerprint density at radius 2 is 2.29 bits per heavy atom. The average Bonchev–Trinajstić information content (AvgIpc) is 2.65. The molecule has 1 fully saturated rings. The summed E-state index contributed by atoms with van der Waals surface area (Å²) in [4.78, 5) is 0. The lowest BCUT2D eigenvalue weighted by molar-refractivity contribution is 0.0496. The van der Waals surface area contributed by atoms with Gasteiger partial charge >= 0.3 is 0 Å². The molecule has 14 heavy (non-hydrogen) atoms. The van der Waals surface area contributed by atoms with E-state index >= 15 is 0 Å². The van der Waals surface area contributed by atoms with Gasteiger partial charge in [-0.25, -0.2) is 0 Å². The SMILES string of the molecule is CC(C1CCOCC1)n1ccc(N)n1. The van der Waals surface area contributed by atoms with Gasteiger partial charge in [0.2, 0.25) is 0 Å². The molecular weight excluding hydrogens is 178 g/mol. The second-order valence-electron chi connectivity index (χ2n) is 3.91. The Bertz CT molecular complexity index is 291. The summed E-state index contributed by atoms with van der Waals surface area (Å²) < 4.78 is 7.30. The first-order valence-corrected chi connectivity index (χ1v) is 5.16. The molecular formula is C10H17N3O. The van der Waals surface area contributed by atoms with Crippen LogP contribution in [0.2, 0.25) is 0 Å². The number of ether oxygens (including phenoxy) is 1. The highest BCUT2D eigenvalue weighted by atomic mass is 16.5. The first-order chi connectivity index (χ1) is 6.77. The lowest BCUT2D eigenvalue weighted by atomic mass is 9.93. The molecule has 1 aliphatic rings. The Morgan fingerprint density at radius 1 is 1.57 bits per heavy atom. The van der Waals surface area contributed by atoms with Gasteiger partial charge in [-0.1, -0.05) is 0 Å². The van der Waals surface area contributed by atoms with E-state index in [1.54, 1.807) is 0 Å². The van der Waals surface area contributed by atoms with Crippen molar-refractivity contribution in [1.29, 1.82) is 0 Å². The van der Waals surface area contributed by atoms with Crippen molar-refractivity contribution in [3.8, 4) is 0 Å². The Morgan fingerprint density at radius 3 is 2.86 bits per heavy atom. The van der Waals surface area contributed by atoms with Gasteiger partial charge < -0.3 is 10.5 Å². The molecule has 4 nitrogen and oxygen atoms in total. The zero-order valence-electron chi connectivity index (χ0n) is 8.52. The second-order valence-corrected chi connectivity index (χ2v) is 3.91. The van der Waals surface area contributed by atoms with Crippen LogP contribution in [0.4, 0.5) is 5.82 Å². The Kier molecular flexibility index (Phi) is 2.72. The number of hydrogen-bond donors (Lipinski definition) is 1. The molecule has 1 aromatic heterocycles. The fraction of sp³-hybridized carbons (Fsp3) is 0.700. The molecule has 1 aliphatic heterocycles. The van der Waals surface area contributed by atoms with Crippen LogP contribution < -0.4 is 5.73 Å². The lowest BCUT2D eigenvalue weighted by Gasteiger charge is -2.27. The number of anilines is 1. The Hall–Kier alpha value is -1.03. The summed E-state index contributed by atoms with van der Waals surface area (Å²) in [7, 11) is 0. The number of aromatic nitrogens is 2. The Balaban J connectivity index is 2.03. The molecule has 0 bridgehead atoms. The van der Waals surface area contributed by atoms with Gasteiger partial charge in [-0.05, 0) is 31.7 Å². The van der Waals surface area contributed by atoms with E-state index in [0.29, 0.717) is 17.8 Å². The van der Waals surface area contributed by atoms with E-state index in [1.165, 1.54) is 0 Å². The fourth-order valence-corrected chi connectivity index (χ4v) is 1.99. The lowest BCUT2D eigenvalue weighted by Crippen LogP contribution is -2.24. The van der Waals surface area contributed by atoms with E-state index < -0.39 is 0 Å². The summed E-state index contributed by atoms with van der Waals surface area (Å²) in [6, 6.07) is 2.27. The number of nitrogens with two attached hydrogens (primary N) is 1. The maximum Gasteiger partial charge on any atom is 0.145 e. The van der Waals surface area contributed by atoms with E-state index in [4.69, 9.17) is 10.5 Å². The molecule has 1 atom stereocenters. The van der Waals surface area contributed by atoms with Gasteiger partial charge in [0.25, 0.3) is 0 Å². The molecule has 0 radical (unpaired) electrons. The van der Waals surface area contributed by atoms with E-state index in [2.05, 4.69) is 12.0 Å². The molecule has 2 N–H and O–H groups in total. The van der Waals surface area contributed by atoms with E-state index in [9.17, 15) is 0 Å². The largest absolute Gasteiger partial charge is 0.382 e. The van der Waals surface area contributed by atoms with Crippen molar-refractivity contribution in [1.82, 2.24) is 9.78 Å².